The Morgan fingerprint density at radius 3 is 2.17 bits per heavy atom. The number of anilines is 1. The van der Waals surface area contributed by atoms with Crippen molar-refractivity contribution in [2.45, 2.75) is 11.4 Å². The Hall–Kier alpha value is -3.89. The predicted molar refractivity (Wildman–Crippen MR) is 130 cm³/mol. The molecule has 0 aliphatic carbocycles. The topological polar surface area (TPSA) is 111 Å². The van der Waals surface area contributed by atoms with E-state index in [0.717, 1.165) is 4.31 Å². The first-order chi connectivity index (χ1) is 16.8. The van der Waals surface area contributed by atoms with Gasteiger partial charge in [-0.15, -0.1) is 0 Å². The van der Waals surface area contributed by atoms with Gasteiger partial charge in [0, 0.05) is 18.3 Å². The largest absolute Gasteiger partial charge is 0.497 e. The van der Waals surface area contributed by atoms with E-state index in [0.29, 0.717) is 22.6 Å². The van der Waals surface area contributed by atoms with Crippen molar-refractivity contribution in [3.8, 4) is 11.5 Å². The van der Waals surface area contributed by atoms with Crippen molar-refractivity contribution in [3.63, 3.8) is 0 Å². The molecule has 0 aliphatic heterocycles. The zero-order chi connectivity index (χ0) is 25.4. The monoisotopic (exact) mass is 498 g/mol. The summed E-state index contributed by atoms with van der Waals surface area (Å²) in [6, 6.07) is 19.4. The highest BCUT2D eigenvalue weighted by molar-refractivity contribution is 7.89. The molecule has 184 valence electrons. The molecule has 3 aromatic carbocycles. The van der Waals surface area contributed by atoms with Gasteiger partial charge in [0.25, 0.3) is 0 Å². The van der Waals surface area contributed by atoms with Crippen molar-refractivity contribution in [2.24, 2.45) is 0 Å². The van der Waals surface area contributed by atoms with Crippen LogP contribution in [0.15, 0.2) is 77.7 Å². The summed E-state index contributed by atoms with van der Waals surface area (Å²) in [4.78, 5) is 24.4. The minimum absolute atomic E-state index is 0.0434. The van der Waals surface area contributed by atoms with Crippen LogP contribution in [-0.2, 0) is 26.1 Å². The maximum absolute atomic E-state index is 13.7. The van der Waals surface area contributed by atoms with Crippen LogP contribution in [0.4, 0.5) is 5.69 Å². The molecule has 10 heteroatoms. The van der Waals surface area contributed by atoms with E-state index in [4.69, 9.17) is 9.47 Å². The minimum atomic E-state index is -4.18. The van der Waals surface area contributed by atoms with Crippen LogP contribution in [0.2, 0.25) is 0 Å². The standard InChI is InChI=1S/C25H26N2O7S/c1-32-21-13-14-22(33-2)23(15-21)35(30,31)27(16-18-7-5-4-6-8-18)17-24(28)26-20-11-9-19(10-12-20)25(29)34-3/h4-15H,16-17H2,1-3H3,(H,26,28). The van der Waals surface area contributed by atoms with E-state index in [1.165, 1.54) is 57.7 Å². The number of methoxy groups -OCH3 is 3. The quantitative estimate of drug-likeness (QED) is 0.427. The molecule has 3 rings (SSSR count). The van der Waals surface area contributed by atoms with E-state index in [9.17, 15) is 18.0 Å². The Balaban J connectivity index is 1.90. The summed E-state index contributed by atoms with van der Waals surface area (Å²) in [5, 5.41) is 2.66. The van der Waals surface area contributed by atoms with Crippen molar-refractivity contribution in [1.82, 2.24) is 4.31 Å². The number of nitrogens with zero attached hydrogens (tertiary/aromatic N) is 1. The molecule has 0 unspecified atom stereocenters. The van der Waals surface area contributed by atoms with Crippen LogP contribution in [0.3, 0.4) is 0 Å². The smallest absolute Gasteiger partial charge is 0.337 e. The molecular formula is C25H26N2O7S. The van der Waals surface area contributed by atoms with E-state index < -0.39 is 28.4 Å². The number of carbonyl (C=O) groups is 2. The highest BCUT2D eigenvalue weighted by Gasteiger charge is 2.30. The highest BCUT2D eigenvalue weighted by Crippen LogP contribution is 2.31. The average molecular weight is 499 g/mol. The van der Waals surface area contributed by atoms with Gasteiger partial charge in [0.2, 0.25) is 15.9 Å². The maximum atomic E-state index is 13.7. The van der Waals surface area contributed by atoms with Gasteiger partial charge in [0.15, 0.2) is 0 Å². The van der Waals surface area contributed by atoms with E-state index in [1.54, 1.807) is 30.3 Å². The molecule has 1 amide bonds. The summed E-state index contributed by atoms with van der Waals surface area (Å²) in [5.41, 5.74) is 1.43. The van der Waals surface area contributed by atoms with Crippen molar-refractivity contribution < 1.29 is 32.2 Å². The second-order valence-electron chi connectivity index (χ2n) is 7.39. The summed E-state index contributed by atoms with van der Waals surface area (Å²) >= 11 is 0. The number of sulfonamides is 1. The van der Waals surface area contributed by atoms with Gasteiger partial charge in [-0.1, -0.05) is 30.3 Å². The van der Waals surface area contributed by atoms with Crippen molar-refractivity contribution in [2.75, 3.05) is 33.2 Å². The van der Waals surface area contributed by atoms with E-state index in [1.807, 2.05) is 6.07 Å². The predicted octanol–water partition coefficient (Wildman–Crippen LogP) is 3.32. The second kappa shape index (κ2) is 11.5. The SMILES string of the molecule is COC(=O)c1ccc(NC(=O)CN(Cc2ccccc2)S(=O)(=O)c2cc(OC)ccc2OC)cc1. The zero-order valence-corrected chi connectivity index (χ0v) is 20.4. The first-order valence-electron chi connectivity index (χ1n) is 10.5. The zero-order valence-electron chi connectivity index (χ0n) is 19.6. The summed E-state index contributed by atoms with van der Waals surface area (Å²) in [6.07, 6.45) is 0. The fourth-order valence-corrected chi connectivity index (χ4v) is 4.86. The number of ether oxygens (including phenoxy) is 3. The van der Waals surface area contributed by atoms with E-state index in [-0.39, 0.29) is 17.2 Å². The molecule has 0 heterocycles. The Morgan fingerprint density at radius 2 is 1.57 bits per heavy atom. The molecule has 3 aromatic rings. The number of rotatable bonds is 10. The lowest BCUT2D eigenvalue weighted by atomic mass is 10.2. The molecule has 0 saturated heterocycles. The minimum Gasteiger partial charge on any atom is -0.497 e. The molecule has 0 fully saturated rings. The van der Waals surface area contributed by atoms with Gasteiger partial charge in [-0.25, -0.2) is 13.2 Å². The van der Waals surface area contributed by atoms with Crippen LogP contribution in [0.25, 0.3) is 0 Å². The molecular weight excluding hydrogens is 472 g/mol. The first-order valence-corrected chi connectivity index (χ1v) is 12.0. The third-order valence-corrected chi connectivity index (χ3v) is 6.91. The molecule has 0 aliphatic rings. The lowest BCUT2D eigenvalue weighted by molar-refractivity contribution is -0.116. The number of hydrogen-bond acceptors (Lipinski definition) is 7. The molecule has 0 bridgehead atoms. The van der Waals surface area contributed by atoms with E-state index in [2.05, 4.69) is 10.1 Å². The molecule has 9 nitrogen and oxygen atoms in total. The molecule has 0 saturated carbocycles. The summed E-state index contributed by atoms with van der Waals surface area (Å²) in [6.45, 7) is -0.505. The lowest BCUT2D eigenvalue weighted by Gasteiger charge is -2.23. The summed E-state index contributed by atoms with van der Waals surface area (Å²) in [7, 11) is -0.105. The van der Waals surface area contributed by atoms with Crippen molar-refractivity contribution in [1.29, 1.82) is 0 Å². The Morgan fingerprint density at radius 1 is 0.886 bits per heavy atom. The number of amides is 1. The Kier molecular flexibility index (Phi) is 8.45. The second-order valence-corrected chi connectivity index (χ2v) is 9.30. The van der Waals surface area contributed by atoms with Gasteiger partial charge in [-0.3, -0.25) is 4.79 Å². The molecule has 0 radical (unpaired) electrons. The fraction of sp³-hybridized carbons (Fsp3) is 0.200. The third-order valence-electron chi connectivity index (χ3n) is 5.10. The number of carbonyl (C=O) groups excluding carboxylic acids is 2. The van der Waals surface area contributed by atoms with Gasteiger partial charge in [0.05, 0.1) is 33.4 Å². The molecule has 35 heavy (non-hydrogen) atoms. The normalized spacial score (nSPS) is 11.1. The van der Waals surface area contributed by atoms with Crippen molar-refractivity contribution in [3.05, 3.63) is 83.9 Å². The molecule has 0 spiro atoms. The Labute approximate surface area is 204 Å². The van der Waals surface area contributed by atoms with Crippen LogP contribution in [-0.4, -0.2) is 52.5 Å². The maximum Gasteiger partial charge on any atom is 0.337 e. The van der Waals surface area contributed by atoms with Gasteiger partial charge >= 0.3 is 5.97 Å². The van der Waals surface area contributed by atoms with Crippen molar-refractivity contribution >= 4 is 27.6 Å². The highest BCUT2D eigenvalue weighted by atomic mass is 32.2. The van der Waals surface area contributed by atoms with Gasteiger partial charge in [0.1, 0.15) is 16.4 Å². The summed E-state index contributed by atoms with van der Waals surface area (Å²) in [5.74, 6) is -0.603. The average Bonchev–Trinajstić information content (AvgIpc) is 2.88. The van der Waals surface area contributed by atoms with E-state index >= 15 is 0 Å². The number of benzene rings is 3. The van der Waals surface area contributed by atoms with Crippen LogP contribution in [0.1, 0.15) is 15.9 Å². The van der Waals surface area contributed by atoms with Gasteiger partial charge in [-0.05, 0) is 42.0 Å². The molecule has 0 atom stereocenters. The third kappa shape index (κ3) is 6.37. The van der Waals surface area contributed by atoms with Crippen LogP contribution in [0.5, 0.6) is 11.5 Å². The van der Waals surface area contributed by atoms with Gasteiger partial charge in [-0.2, -0.15) is 4.31 Å². The molecule has 1 N–H and O–H groups in total. The first kappa shape index (κ1) is 25.7. The summed E-state index contributed by atoms with van der Waals surface area (Å²) < 4.78 is 43.6. The van der Waals surface area contributed by atoms with Gasteiger partial charge < -0.3 is 19.5 Å². The van der Waals surface area contributed by atoms with Crippen LogP contribution < -0.4 is 14.8 Å². The number of nitrogens with one attached hydrogen (secondary N) is 1. The number of esters is 1. The fourth-order valence-electron chi connectivity index (χ4n) is 3.31. The van der Waals surface area contributed by atoms with Crippen LogP contribution >= 0.6 is 0 Å². The molecule has 0 aromatic heterocycles. The number of hydrogen-bond donors (Lipinski definition) is 1. The Bertz CT molecular complexity index is 1280. The lowest BCUT2D eigenvalue weighted by Crippen LogP contribution is -2.37. The van der Waals surface area contributed by atoms with Crippen LogP contribution in [0, 0.1) is 0 Å².